The van der Waals surface area contributed by atoms with E-state index in [0.717, 1.165) is 12.8 Å². The maximum atomic E-state index is 6.59. The smallest absolute Gasteiger partial charge is 0.185 e. The second-order valence-corrected chi connectivity index (χ2v) is 16.5. The van der Waals surface area contributed by atoms with Crippen molar-refractivity contribution in [3.05, 3.63) is 30.3 Å². The minimum atomic E-state index is -1.71. The fraction of sp³-hybridized carbons (Fsp3) is 0.579. The third kappa shape index (κ3) is 4.84. The van der Waals surface area contributed by atoms with Crippen LogP contribution in [0.3, 0.4) is 0 Å². The van der Waals surface area contributed by atoms with E-state index in [1.165, 1.54) is 24.4 Å². The Kier molecular flexibility index (Phi) is 5.37. The molecule has 0 spiro atoms. The molecule has 0 aromatic heterocycles. The Labute approximate surface area is 138 Å². The molecule has 1 aromatic rings. The highest BCUT2D eigenvalue weighted by molar-refractivity contribution is 6.96. The van der Waals surface area contributed by atoms with Gasteiger partial charge in [-0.1, -0.05) is 55.8 Å². The van der Waals surface area contributed by atoms with Gasteiger partial charge in [0.1, 0.15) is 5.60 Å². The van der Waals surface area contributed by atoms with Crippen molar-refractivity contribution in [2.24, 2.45) is 0 Å². The Hall–Kier alpha value is -0.826. The minimum Gasteiger partial charge on any atom is -0.402 e. The molecule has 1 saturated carbocycles. The lowest BCUT2D eigenvalue weighted by Gasteiger charge is -2.38. The van der Waals surface area contributed by atoms with E-state index < -0.39 is 16.4 Å². The van der Waals surface area contributed by atoms with Gasteiger partial charge < -0.3 is 4.43 Å². The normalized spacial score (nSPS) is 18.4. The highest BCUT2D eigenvalue weighted by Crippen LogP contribution is 2.33. The first-order valence-electron chi connectivity index (χ1n) is 8.53. The second kappa shape index (κ2) is 6.74. The van der Waals surface area contributed by atoms with Crippen molar-refractivity contribution < 1.29 is 4.43 Å². The summed E-state index contributed by atoms with van der Waals surface area (Å²) in [5, 5.41) is 1.42. The molecular formula is C19H30OSi2. The van der Waals surface area contributed by atoms with Crippen LogP contribution in [0.15, 0.2) is 30.3 Å². The van der Waals surface area contributed by atoms with Gasteiger partial charge in [-0.2, -0.15) is 0 Å². The van der Waals surface area contributed by atoms with Crippen molar-refractivity contribution in [3.8, 4) is 11.5 Å². The molecule has 0 amide bonds. The monoisotopic (exact) mass is 330 g/mol. The first-order chi connectivity index (χ1) is 10.2. The third-order valence-electron chi connectivity index (χ3n) is 4.26. The van der Waals surface area contributed by atoms with Gasteiger partial charge in [-0.05, 0) is 50.5 Å². The summed E-state index contributed by atoms with van der Waals surface area (Å²) >= 11 is 0. The minimum absolute atomic E-state index is 0.165. The zero-order valence-corrected chi connectivity index (χ0v) is 16.8. The van der Waals surface area contributed by atoms with E-state index in [0.29, 0.717) is 0 Å². The molecule has 0 N–H and O–H groups in total. The van der Waals surface area contributed by atoms with Crippen molar-refractivity contribution in [2.75, 3.05) is 0 Å². The van der Waals surface area contributed by atoms with Gasteiger partial charge in [0, 0.05) is 0 Å². The summed E-state index contributed by atoms with van der Waals surface area (Å²) < 4.78 is 6.59. The predicted molar refractivity (Wildman–Crippen MR) is 102 cm³/mol. The Morgan fingerprint density at radius 1 is 0.909 bits per heavy atom. The molecular weight excluding hydrogens is 300 g/mol. The highest BCUT2D eigenvalue weighted by Gasteiger charge is 2.36. The van der Waals surface area contributed by atoms with Crippen LogP contribution < -0.4 is 5.19 Å². The van der Waals surface area contributed by atoms with Crippen LogP contribution in [0.25, 0.3) is 0 Å². The van der Waals surface area contributed by atoms with Crippen LogP contribution in [0.1, 0.15) is 32.1 Å². The number of benzene rings is 1. The summed E-state index contributed by atoms with van der Waals surface area (Å²) in [6, 6.07) is 10.8. The Morgan fingerprint density at radius 2 is 1.50 bits per heavy atom. The maximum absolute atomic E-state index is 6.59. The molecule has 1 nitrogen and oxygen atoms in total. The molecule has 22 heavy (non-hydrogen) atoms. The topological polar surface area (TPSA) is 9.23 Å². The molecule has 1 aromatic carbocycles. The van der Waals surface area contributed by atoms with E-state index in [1.807, 2.05) is 0 Å². The van der Waals surface area contributed by atoms with Crippen molar-refractivity contribution in [1.82, 2.24) is 0 Å². The van der Waals surface area contributed by atoms with Crippen LogP contribution in [-0.2, 0) is 4.43 Å². The zero-order valence-electron chi connectivity index (χ0n) is 14.8. The molecule has 0 bridgehead atoms. The molecule has 3 heteroatoms. The Morgan fingerprint density at radius 3 is 2.05 bits per heavy atom. The fourth-order valence-corrected chi connectivity index (χ4v) is 6.30. The zero-order chi connectivity index (χ0) is 16.3. The highest BCUT2D eigenvalue weighted by atomic mass is 28.4. The first kappa shape index (κ1) is 17.5. The van der Waals surface area contributed by atoms with Crippen LogP contribution in [-0.4, -0.2) is 22.0 Å². The van der Waals surface area contributed by atoms with Crippen molar-refractivity contribution in [2.45, 2.75) is 70.4 Å². The summed E-state index contributed by atoms with van der Waals surface area (Å²) in [6.45, 7) is 11.5. The van der Waals surface area contributed by atoms with E-state index in [2.05, 4.69) is 74.5 Å². The predicted octanol–water partition coefficient (Wildman–Crippen LogP) is 4.70. The molecule has 0 atom stereocenters. The average Bonchev–Trinajstić information content (AvgIpc) is 2.46. The van der Waals surface area contributed by atoms with Crippen molar-refractivity contribution in [1.29, 1.82) is 0 Å². The number of hydrogen-bond acceptors (Lipinski definition) is 1. The summed E-state index contributed by atoms with van der Waals surface area (Å²) in [5.41, 5.74) is 3.53. The van der Waals surface area contributed by atoms with Crippen LogP contribution in [0.5, 0.6) is 0 Å². The lowest BCUT2D eigenvalue weighted by Crippen LogP contribution is -2.45. The van der Waals surface area contributed by atoms with E-state index in [-0.39, 0.29) is 5.60 Å². The van der Waals surface area contributed by atoms with Gasteiger partial charge in [-0.3, -0.25) is 0 Å². The molecule has 120 valence electrons. The summed E-state index contributed by atoms with van der Waals surface area (Å²) in [4.78, 5) is 0. The first-order valence-corrected chi connectivity index (χ1v) is 14.9. The molecule has 0 heterocycles. The van der Waals surface area contributed by atoms with Gasteiger partial charge in [0.25, 0.3) is 0 Å². The van der Waals surface area contributed by atoms with Gasteiger partial charge in [-0.15, -0.1) is 5.54 Å². The number of rotatable bonds is 3. The molecule has 0 saturated heterocycles. The van der Waals surface area contributed by atoms with Crippen molar-refractivity contribution >= 4 is 21.6 Å². The van der Waals surface area contributed by atoms with E-state index in [4.69, 9.17) is 4.43 Å². The number of hydrogen-bond donors (Lipinski definition) is 0. The van der Waals surface area contributed by atoms with Crippen molar-refractivity contribution in [3.63, 3.8) is 0 Å². The third-order valence-corrected chi connectivity index (χ3v) is 7.79. The SMILES string of the molecule is C[Si](C)(C)OC1(C#C[Si](C)(C)c2ccccc2)CCCCC1. The largest absolute Gasteiger partial charge is 0.402 e. The molecule has 0 radical (unpaired) electrons. The lowest BCUT2D eigenvalue weighted by atomic mass is 9.86. The average molecular weight is 331 g/mol. The fourth-order valence-electron chi connectivity index (χ4n) is 3.16. The van der Waals surface area contributed by atoms with Crippen LogP contribution in [0.2, 0.25) is 32.7 Å². The lowest BCUT2D eigenvalue weighted by molar-refractivity contribution is 0.0796. The molecule has 1 aliphatic rings. The van der Waals surface area contributed by atoms with Crippen LogP contribution >= 0.6 is 0 Å². The maximum Gasteiger partial charge on any atom is 0.185 e. The van der Waals surface area contributed by atoms with Crippen LogP contribution in [0.4, 0.5) is 0 Å². The summed E-state index contributed by atoms with van der Waals surface area (Å²) in [5.74, 6) is 3.65. The quantitative estimate of drug-likeness (QED) is 0.576. The van der Waals surface area contributed by atoms with Crippen LogP contribution in [0, 0.1) is 11.5 Å². The standard InChI is InChI=1S/C19H30OSi2/c1-21(2,3)20-19(14-10-7-11-15-19)16-17-22(4,5)18-12-8-6-9-13-18/h6,8-9,12-13H,7,10-11,14-15H2,1-5H3. The summed E-state index contributed by atoms with van der Waals surface area (Å²) in [6.07, 6.45) is 6.07. The molecule has 0 unspecified atom stereocenters. The molecule has 0 aliphatic heterocycles. The molecule has 1 fully saturated rings. The van der Waals surface area contributed by atoms with E-state index in [9.17, 15) is 0 Å². The second-order valence-electron chi connectivity index (χ2n) is 8.01. The van der Waals surface area contributed by atoms with E-state index >= 15 is 0 Å². The Balaban J connectivity index is 2.28. The van der Waals surface area contributed by atoms with Gasteiger partial charge in [0.2, 0.25) is 0 Å². The van der Waals surface area contributed by atoms with Gasteiger partial charge in [0.15, 0.2) is 16.4 Å². The summed E-state index contributed by atoms with van der Waals surface area (Å²) in [7, 11) is -3.29. The van der Waals surface area contributed by atoms with Gasteiger partial charge in [-0.25, -0.2) is 0 Å². The van der Waals surface area contributed by atoms with Gasteiger partial charge >= 0.3 is 0 Å². The Bertz CT molecular complexity index is 540. The van der Waals surface area contributed by atoms with Gasteiger partial charge in [0.05, 0.1) is 0 Å². The molecule has 2 rings (SSSR count). The van der Waals surface area contributed by atoms with E-state index in [1.54, 1.807) is 0 Å². The molecule has 1 aliphatic carbocycles.